The summed E-state index contributed by atoms with van der Waals surface area (Å²) in [4.78, 5) is 68.1. The molecule has 3 aliphatic carbocycles. The average Bonchev–Trinajstić information content (AvgIpc) is 3.14. The van der Waals surface area contributed by atoms with Crippen LogP contribution in [0.3, 0.4) is 0 Å². The number of halogens is 1. The van der Waals surface area contributed by atoms with Crippen LogP contribution in [-0.2, 0) is 20.0 Å². The highest BCUT2D eigenvalue weighted by Crippen LogP contribution is 2.57. The number of ketones is 2. The van der Waals surface area contributed by atoms with Crippen LogP contribution < -0.4 is 20.8 Å². The second-order valence-electron chi connectivity index (χ2n) is 15.9. The van der Waals surface area contributed by atoms with Crippen molar-refractivity contribution in [2.24, 2.45) is 17.6 Å². The van der Waals surface area contributed by atoms with E-state index in [1.807, 2.05) is 18.9 Å². The molecule has 2 aliphatic heterocycles. The van der Waals surface area contributed by atoms with Crippen LogP contribution in [-0.4, -0.2) is 134 Å². The molecular weight excluding hydrogens is 761 g/mol. The molecule has 8 rings (SSSR count). The number of aliphatic hydroxyl groups excluding tert-OH is 2. The second-order valence-corrected chi connectivity index (χ2v) is 15.9. The number of carbonyl (C=O) groups excluding carboxylic acids is 3. The highest BCUT2D eigenvalue weighted by molar-refractivity contribution is 6.24. The Bertz CT molecular complexity index is 2450. The Kier molecular flexibility index (Phi) is 9.70. The number of hydrogen-bond acceptors (Lipinski definition) is 14. The van der Waals surface area contributed by atoms with E-state index in [2.05, 4.69) is 4.90 Å². The van der Waals surface area contributed by atoms with E-state index in [-0.39, 0.29) is 41.1 Å². The van der Waals surface area contributed by atoms with Gasteiger partial charge in [-0.3, -0.25) is 24.1 Å². The lowest BCUT2D eigenvalue weighted by Gasteiger charge is -2.53. The molecule has 1 amide bonds. The molecule has 17 nitrogen and oxygen atoms in total. The third-order valence-electron chi connectivity index (χ3n) is 12.2. The minimum absolute atomic E-state index is 0.0434. The summed E-state index contributed by atoms with van der Waals surface area (Å²) in [5, 5.41) is 64.3. The topological polar surface area (TPSA) is 257 Å². The molecule has 1 saturated carbocycles. The number of aromatic nitrogens is 1. The molecule has 2 fully saturated rings. The lowest BCUT2D eigenvalue weighted by atomic mass is 9.54. The standard InChI is InChI=1S/C22H24N2O8.C18H20FN3O4/c1-21(31)8-5-4-6-11(25)12(8)16(26)13-9(21)7-10-15(24(2)3)17(27)14(20(23)30)19(29)22(10,32)18(13)28;1-10-9-26-17-14-11(16(23)12(18(24)25)8-22(10)14)7-13(19)15(17)21-5-3-20(2)4-6-21/h4-6,9-10,15,25-26,29,31-32H,7H2,1-3H3,(H2,23,30);7-8,10H,3-6,9H2,1-2H3,(H,24,25)/t9-,10-,15-,21+,22-;/m0./s1. The largest absolute Gasteiger partial charge is 0.508 e. The maximum Gasteiger partial charge on any atom is 0.341 e. The number of aromatic carboxylic acids is 1. The van der Waals surface area contributed by atoms with Crippen LogP contribution in [0.5, 0.6) is 11.5 Å². The fourth-order valence-corrected chi connectivity index (χ4v) is 9.19. The number of phenolic OH excluding ortho intramolecular Hbond substituents is 1. The number of primary amides is 1. The lowest BCUT2D eigenvalue weighted by Crippen LogP contribution is -2.67. The fraction of sp³-hybridized carbons (Fsp3) is 0.425. The van der Waals surface area contributed by atoms with Crippen LogP contribution in [0.15, 0.2) is 52.2 Å². The minimum Gasteiger partial charge on any atom is -0.508 e. The summed E-state index contributed by atoms with van der Waals surface area (Å²) in [6.45, 7) is 6.48. The van der Waals surface area contributed by atoms with Gasteiger partial charge in [0, 0.05) is 49.8 Å². The Labute approximate surface area is 330 Å². The molecule has 5 aliphatic rings. The number of nitrogens with zero attached hydrogens (tertiary/aromatic N) is 4. The zero-order valence-electron chi connectivity index (χ0n) is 32.3. The van der Waals surface area contributed by atoms with Gasteiger partial charge in [-0.1, -0.05) is 12.1 Å². The summed E-state index contributed by atoms with van der Waals surface area (Å²) < 4.78 is 22.6. The average molecular weight is 806 g/mol. The van der Waals surface area contributed by atoms with Crippen molar-refractivity contribution < 1.29 is 58.9 Å². The van der Waals surface area contributed by atoms with Crippen LogP contribution in [0.1, 0.15) is 47.8 Å². The number of ether oxygens (including phenoxy) is 1. The molecule has 0 radical (unpaired) electrons. The number of benzene rings is 2. The van der Waals surface area contributed by atoms with E-state index in [4.69, 9.17) is 10.5 Å². The van der Waals surface area contributed by atoms with Crippen LogP contribution in [0, 0.1) is 17.7 Å². The van der Waals surface area contributed by atoms with Crippen molar-refractivity contribution in [1.82, 2.24) is 14.4 Å². The molecule has 1 aromatic heterocycles. The number of likely N-dealkylation sites (N-methyl/N-ethyl adjacent to an activating group) is 2. The highest BCUT2D eigenvalue weighted by atomic mass is 19.1. The van der Waals surface area contributed by atoms with Gasteiger partial charge >= 0.3 is 5.97 Å². The molecule has 8 N–H and O–H groups in total. The monoisotopic (exact) mass is 805 g/mol. The third-order valence-corrected chi connectivity index (χ3v) is 12.2. The van der Waals surface area contributed by atoms with E-state index in [1.165, 1.54) is 50.3 Å². The first-order chi connectivity index (χ1) is 27.2. The number of piperazine rings is 1. The van der Waals surface area contributed by atoms with E-state index >= 15 is 0 Å². The summed E-state index contributed by atoms with van der Waals surface area (Å²) in [7, 11) is 5.02. The Hall–Kier alpha value is -5.82. The number of pyridine rings is 1. The van der Waals surface area contributed by atoms with Gasteiger partial charge in [0.15, 0.2) is 23.0 Å². The van der Waals surface area contributed by atoms with Crippen molar-refractivity contribution >= 4 is 45.8 Å². The van der Waals surface area contributed by atoms with Crippen molar-refractivity contribution in [2.45, 2.75) is 43.6 Å². The molecule has 308 valence electrons. The molecule has 3 aromatic rings. The number of anilines is 1. The van der Waals surface area contributed by atoms with Gasteiger partial charge in [-0.05, 0) is 59.1 Å². The Morgan fingerprint density at radius 1 is 1.05 bits per heavy atom. The van der Waals surface area contributed by atoms with Crippen molar-refractivity contribution in [2.75, 3.05) is 58.8 Å². The third kappa shape index (κ3) is 5.76. The van der Waals surface area contributed by atoms with Crippen molar-refractivity contribution in [3.8, 4) is 11.5 Å². The molecule has 1 saturated heterocycles. The highest BCUT2D eigenvalue weighted by Gasteiger charge is 2.66. The molecule has 0 spiro atoms. The van der Waals surface area contributed by atoms with E-state index in [0.717, 1.165) is 19.2 Å². The first-order valence-corrected chi connectivity index (χ1v) is 18.6. The molecule has 6 atom stereocenters. The predicted octanol–water partition coefficient (Wildman–Crippen LogP) is 1.17. The molecular formula is C40H44FN5O12. The van der Waals surface area contributed by atoms with E-state index in [9.17, 15) is 59.0 Å². The molecule has 1 unspecified atom stereocenters. The fourth-order valence-electron chi connectivity index (χ4n) is 9.19. The second kappa shape index (κ2) is 13.9. The zero-order chi connectivity index (χ0) is 42.5. The molecule has 0 bridgehead atoms. The molecule has 2 aromatic carbocycles. The maximum atomic E-state index is 15.0. The number of Topliss-reactive ketones (excluding diaryl/α,β-unsaturated/α-hetero) is 2. The first-order valence-electron chi connectivity index (χ1n) is 18.6. The number of carboxylic acids is 1. The number of nitrogens with two attached hydrogens (primary N) is 1. The summed E-state index contributed by atoms with van der Waals surface area (Å²) >= 11 is 0. The number of carboxylic acid groups (broad SMARTS) is 1. The number of phenols is 1. The van der Waals surface area contributed by atoms with Crippen LogP contribution in [0.2, 0.25) is 0 Å². The Morgan fingerprint density at radius 3 is 2.31 bits per heavy atom. The van der Waals surface area contributed by atoms with Crippen molar-refractivity contribution in [1.29, 1.82) is 0 Å². The maximum absolute atomic E-state index is 15.0. The first kappa shape index (κ1) is 40.4. The molecule has 3 heterocycles. The van der Waals surface area contributed by atoms with Gasteiger partial charge in [-0.15, -0.1) is 0 Å². The number of aliphatic hydroxyl groups is 4. The van der Waals surface area contributed by atoms with Gasteiger partial charge < -0.3 is 55.5 Å². The number of amides is 1. The summed E-state index contributed by atoms with van der Waals surface area (Å²) in [6.07, 6.45) is 1.14. The summed E-state index contributed by atoms with van der Waals surface area (Å²) in [5.41, 5.74) is -0.772. The van der Waals surface area contributed by atoms with Gasteiger partial charge in [-0.25, -0.2) is 9.18 Å². The van der Waals surface area contributed by atoms with E-state index in [1.54, 1.807) is 4.57 Å². The van der Waals surface area contributed by atoms with Crippen molar-refractivity contribution in [3.05, 3.63) is 80.1 Å². The van der Waals surface area contributed by atoms with Gasteiger partial charge in [0.05, 0.1) is 34.2 Å². The van der Waals surface area contributed by atoms with Crippen LogP contribution in [0.4, 0.5) is 10.1 Å². The Balaban J connectivity index is 0.000000180. The molecule has 18 heteroatoms. The molecule has 58 heavy (non-hydrogen) atoms. The number of rotatable bonds is 4. The zero-order valence-corrected chi connectivity index (χ0v) is 32.3. The van der Waals surface area contributed by atoms with Crippen molar-refractivity contribution in [3.63, 3.8) is 0 Å². The van der Waals surface area contributed by atoms with Crippen LogP contribution in [0.25, 0.3) is 16.7 Å². The smallest absolute Gasteiger partial charge is 0.341 e. The van der Waals surface area contributed by atoms with E-state index in [0.29, 0.717) is 30.0 Å². The summed E-state index contributed by atoms with van der Waals surface area (Å²) in [6, 6.07) is 4.01. The summed E-state index contributed by atoms with van der Waals surface area (Å²) in [5.74, 6) is -9.44. The lowest BCUT2D eigenvalue weighted by molar-refractivity contribution is -0.159. The quantitative estimate of drug-likeness (QED) is 0.183. The van der Waals surface area contributed by atoms with Gasteiger partial charge in [-0.2, -0.15) is 0 Å². The number of aromatic hydroxyl groups is 1. The normalized spacial score (nSPS) is 28.1. The van der Waals surface area contributed by atoms with Gasteiger partial charge in [0.1, 0.15) is 40.7 Å². The Morgan fingerprint density at radius 2 is 1.71 bits per heavy atom. The SMILES string of the molecule is CC1COc2c(N3CCN(C)CC3)c(F)cc3c(=O)c(C(=O)O)cn1c23.CN(C)[C@@H]1C(=O)C(C(N)=O)=C(O)[C@@]2(O)C(=O)C3=C(O)c4c(O)cccc4[C@@](C)(O)[C@H]3C[C@@H]12. The minimum atomic E-state index is -2.75. The predicted molar refractivity (Wildman–Crippen MR) is 205 cm³/mol. The van der Waals surface area contributed by atoms with E-state index < -0.39 is 92.2 Å². The number of fused-ring (bicyclic) bond motifs is 3. The van der Waals surface area contributed by atoms with Gasteiger partial charge in [0.2, 0.25) is 11.2 Å². The van der Waals surface area contributed by atoms with Crippen LogP contribution >= 0.6 is 0 Å². The number of hydrogen-bond donors (Lipinski definition) is 7. The number of carbonyl (C=O) groups is 4. The van der Waals surface area contributed by atoms with Gasteiger partial charge in [0.25, 0.3) is 5.91 Å².